The number of aromatic nitrogens is 3. The highest BCUT2D eigenvalue weighted by atomic mass is 35.5. The van der Waals surface area contributed by atoms with Crippen molar-refractivity contribution in [2.45, 2.75) is 33.2 Å². The number of aryl methyl sites for hydroxylation is 2. The zero-order valence-electron chi connectivity index (χ0n) is 10.4. The van der Waals surface area contributed by atoms with Crippen LogP contribution < -0.4 is 0 Å². The molecule has 0 amide bonds. The molecule has 2 heterocycles. The van der Waals surface area contributed by atoms with Crippen LogP contribution in [0.15, 0.2) is 18.5 Å². The summed E-state index contributed by atoms with van der Waals surface area (Å²) in [5.74, 6) is 0.518. The first-order valence-electron chi connectivity index (χ1n) is 5.61. The summed E-state index contributed by atoms with van der Waals surface area (Å²) in [5.41, 5.74) is 5.61. The second kappa shape index (κ2) is 4.88. The van der Waals surface area contributed by atoms with Gasteiger partial charge in [-0.2, -0.15) is 5.10 Å². The van der Waals surface area contributed by atoms with Crippen LogP contribution in [-0.4, -0.2) is 14.8 Å². The van der Waals surface area contributed by atoms with Crippen molar-refractivity contribution in [2.75, 3.05) is 0 Å². The predicted molar refractivity (Wildman–Crippen MR) is 69.3 cm³/mol. The van der Waals surface area contributed by atoms with E-state index >= 15 is 0 Å². The molecule has 0 aliphatic rings. The van der Waals surface area contributed by atoms with Crippen LogP contribution in [0.4, 0.5) is 0 Å². The summed E-state index contributed by atoms with van der Waals surface area (Å²) in [7, 11) is 0. The van der Waals surface area contributed by atoms with Gasteiger partial charge in [0.15, 0.2) is 0 Å². The number of hydrogen-bond acceptors (Lipinski definition) is 2. The standard InChI is InChI=1S/C13H16ClN3/c1-9-4-12(7-15-6-9)8-17-11(3)13(5-14)10(2)16-17/h4,6-7H,5,8H2,1-3H3. The van der Waals surface area contributed by atoms with Crippen LogP contribution in [0.25, 0.3) is 0 Å². The average molecular weight is 250 g/mol. The van der Waals surface area contributed by atoms with Gasteiger partial charge in [-0.3, -0.25) is 9.67 Å². The van der Waals surface area contributed by atoms with Crippen molar-refractivity contribution in [1.82, 2.24) is 14.8 Å². The fourth-order valence-corrected chi connectivity index (χ4v) is 2.35. The number of alkyl halides is 1. The highest BCUT2D eigenvalue weighted by Crippen LogP contribution is 2.16. The first-order chi connectivity index (χ1) is 8.11. The Kier molecular flexibility index (Phi) is 3.48. The van der Waals surface area contributed by atoms with Gasteiger partial charge in [0.2, 0.25) is 0 Å². The highest BCUT2D eigenvalue weighted by Gasteiger charge is 2.10. The van der Waals surface area contributed by atoms with Gasteiger partial charge in [-0.15, -0.1) is 11.6 Å². The molecular formula is C13H16ClN3. The van der Waals surface area contributed by atoms with Gasteiger partial charge in [-0.05, 0) is 31.9 Å². The monoisotopic (exact) mass is 249 g/mol. The largest absolute Gasteiger partial charge is 0.265 e. The summed E-state index contributed by atoms with van der Waals surface area (Å²) in [6, 6.07) is 2.13. The molecule has 0 saturated carbocycles. The van der Waals surface area contributed by atoms with E-state index in [0.29, 0.717) is 5.88 Å². The second-order valence-electron chi connectivity index (χ2n) is 4.31. The van der Waals surface area contributed by atoms with E-state index in [1.807, 2.05) is 30.9 Å². The molecule has 0 unspecified atom stereocenters. The summed E-state index contributed by atoms with van der Waals surface area (Å²) in [4.78, 5) is 4.19. The fraction of sp³-hybridized carbons (Fsp3) is 0.385. The molecule has 0 radical (unpaired) electrons. The first kappa shape index (κ1) is 12.1. The number of pyridine rings is 1. The molecule has 3 nitrogen and oxygen atoms in total. The first-order valence-corrected chi connectivity index (χ1v) is 6.14. The topological polar surface area (TPSA) is 30.7 Å². The van der Waals surface area contributed by atoms with Crippen molar-refractivity contribution in [3.05, 3.63) is 46.5 Å². The van der Waals surface area contributed by atoms with Crippen molar-refractivity contribution < 1.29 is 0 Å². The Bertz CT molecular complexity index is 531. The molecule has 0 aliphatic heterocycles. The van der Waals surface area contributed by atoms with E-state index in [-0.39, 0.29) is 0 Å². The molecule has 0 aliphatic carbocycles. The quantitative estimate of drug-likeness (QED) is 0.783. The van der Waals surface area contributed by atoms with Crippen LogP contribution in [0, 0.1) is 20.8 Å². The molecule has 0 N–H and O–H groups in total. The summed E-state index contributed by atoms with van der Waals surface area (Å²) in [6.07, 6.45) is 3.73. The molecule has 0 bridgehead atoms. The second-order valence-corrected chi connectivity index (χ2v) is 4.58. The maximum atomic E-state index is 5.91. The van der Waals surface area contributed by atoms with Crippen molar-refractivity contribution in [3.63, 3.8) is 0 Å². The van der Waals surface area contributed by atoms with Gasteiger partial charge in [0.05, 0.1) is 18.1 Å². The molecule has 90 valence electrons. The number of rotatable bonds is 3. The molecule has 17 heavy (non-hydrogen) atoms. The molecule has 2 rings (SSSR count). The third kappa shape index (κ3) is 2.50. The van der Waals surface area contributed by atoms with E-state index in [4.69, 9.17) is 11.6 Å². The Morgan fingerprint density at radius 1 is 1.24 bits per heavy atom. The van der Waals surface area contributed by atoms with Gasteiger partial charge in [-0.1, -0.05) is 6.07 Å². The summed E-state index contributed by atoms with van der Waals surface area (Å²) in [5, 5.41) is 4.51. The predicted octanol–water partition coefficient (Wildman–Crippen LogP) is 2.99. The molecule has 0 spiro atoms. The molecule has 0 aromatic carbocycles. The van der Waals surface area contributed by atoms with E-state index in [1.54, 1.807) is 0 Å². The minimum atomic E-state index is 0.518. The minimum Gasteiger partial charge on any atom is -0.265 e. The lowest BCUT2D eigenvalue weighted by Crippen LogP contribution is -2.04. The van der Waals surface area contributed by atoms with Crippen LogP contribution in [0.3, 0.4) is 0 Å². The van der Waals surface area contributed by atoms with Crippen LogP contribution in [0.1, 0.15) is 28.1 Å². The SMILES string of the molecule is Cc1cncc(Cn2nc(C)c(CCl)c2C)c1. The lowest BCUT2D eigenvalue weighted by molar-refractivity contribution is 0.656. The van der Waals surface area contributed by atoms with Crippen LogP contribution >= 0.6 is 11.6 Å². The van der Waals surface area contributed by atoms with Crippen LogP contribution in [0.2, 0.25) is 0 Å². The van der Waals surface area contributed by atoms with Gasteiger partial charge in [0, 0.05) is 23.7 Å². The van der Waals surface area contributed by atoms with E-state index in [0.717, 1.165) is 29.1 Å². The Hall–Kier alpha value is -1.35. The highest BCUT2D eigenvalue weighted by molar-refractivity contribution is 6.17. The zero-order valence-corrected chi connectivity index (χ0v) is 11.1. The average Bonchev–Trinajstić information content (AvgIpc) is 2.54. The van der Waals surface area contributed by atoms with Crippen LogP contribution in [-0.2, 0) is 12.4 Å². The minimum absolute atomic E-state index is 0.518. The Morgan fingerprint density at radius 2 is 2.00 bits per heavy atom. The molecule has 2 aromatic heterocycles. The van der Waals surface area contributed by atoms with Crippen molar-refractivity contribution in [2.24, 2.45) is 0 Å². The smallest absolute Gasteiger partial charge is 0.0677 e. The third-order valence-corrected chi connectivity index (χ3v) is 3.20. The third-order valence-electron chi connectivity index (χ3n) is 2.93. The van der Waals surface area contributed by atoms with Gasteiger partial charge in [0.1, 0.15) is 0 Å². The normalized spacial score (nSPS) is 10.8. The van der Waals surface area contributed by atoms with E-state index < -0.39 is 0 Å². The summed E-state index contributed by atoms with van der Waals surface area (Å²) in [6.45, 7) is 6.84. The fourth-order valence-electron chi connectivity index (χ4n) is 1.96. The number of nitrogens with zero attached hydrogens (tertiary/aromatic N) is 3. The Balaban J connectivity index is 2.30. The molecule has 0 atom stereocenters. The van der Waals surface area contributed by atoms with Gasteiger partial charge in [0.25, 0.3) is 0 Å². The summed E-state index contributed by atoms with van der Waals surface area (Å²) >= 11 is 5.91. The summed E-state index contributed by atoms with van der Waals surface area (Å²) < 4.78 is 1.99. The maximum Gasteiger partial charge on any atom is 0.0677 e. The van der Waals surface area contributed by atoms with Gasteiger partial charge >= 0.3 is 0 Å². The van der Waals surface area contributed by atoms with Gasteiger partial charge < -0.3 is 0 Å². The number of hydrogen-bond donors (Lipinski definition) is 0. The zero-order chi connectivity index (χ0) is 12.4. The lowest BCUT2D eigenvalue weighted by Gasteiger charge is -2.05. The lowest BCUT2D eigenvalue weighted by atomic mass is 10.2. The van der Waals surface area contributed by atoms with Crippen LogP contribution in [0.5, 0.6) is 0 Å². The molecule has 0 saturated heterocycles. The molecule has 2 aromatic rings. The van der Waals surface area contributed by atoms with E-state index in [9.17, 15) is 0 Å². The van der Waals surface area contributed by atoms with Crippen molar-refractivity contribution >= 4 is 11.6 Å². The molecule has 4 heteroatoms. The Labute approximate surface area is 106 Å². The molecule has 0 fully saturated rings. The van der Waals surface area contributed by atoms with Crippen molar-refractivity contribution in [3.8, 4) is 0 Å². The van der Waals surface area contributed by atoms with E-state index in [1.165, 1.54) is 5.56 Å². The van der Waals surface area contributed by atoms with Gasteiger partial charge in [-0.25, -0.2) is 0 Å². The molecular weight excluding hydrogens is 234 g/mol. The van der Waals surface area contributed by atoms with Crippen molar-refractivity contribution in [1.29, 1.82) is 0 Å². The maximum absolute atomic E-state index is 5.91. The van der Waals surface area contributed by atoms with E-state index in [2.05, 4.69) is 23.1 Å². The Morgan fingerprint density at radius 3 is 2.59 bits per heavy atom. The number of halogens is 1.